The minimum atomic E-state index is -0.899. The van der Waals surface area contributed by atoms with Crippen molar-refractivity contribution in [2.24, 2.45) is 11.7 Å². The summed E-state index contributed by atoms with van der Waals surface area (Å²) in [5, 5.41) is 10.4. The smallest absolute Gasteiger partial charge is 0.309 e. The van der Waals surface area contributed by atoms with E-state index in [-0.39, 0.29) is 25.2 Å². The first-order valence-electron chi connectivity index (χ1n) is 12.9. The zero-order chi connectivity index (χ0) is 26.4. The van der Waals surface area contributed by atoms with E-state index >= 15 is 0 Å². The number of benzene rings is 2. The third-order valence-electron chi connectivity index (χ3n) is 7.27. The van der Waals surface area contributed by atoms with E-state index in [0.29, 0.717) is 43.4 Å². The molecule has 37 heavy (non-hydrogen) atoms. The minimum absolute atomic E-state index is 0.00381. The number of aliphatic carboxylic acids is 1. The van der Waals surface area contributed by atoms with Gasteiger partial charge in [0.2, 0.25) is 12.7 Å². The number of carbonyl (C=O) groups excluding carboxylic acids is 1. The van der Waals surface area contributed by atoms with Gasteiger partial charge in [-0.15, -0.1) is 0 Å². The van der Waals surface area contributed by atoms with Crippen molar-refractivity contribution in [2.45, 2.75) is 38.1 Å². The highest BCUT2D eigenvalue weighted by Crippen LogP contribution is 2.47. The molecule has 1 amide bonds. The summed E-state index contributed by atoms with van der Waals surface area (Å²) in [5.74, 6) is -0.0327. The summed E-state index contributed by atoms with van der Waals surface area (Å²) in [7, 11) is 1.59. The molecular formula is C28H37N3O6. The summed E-state index contributed by atoms with van der Waals surface area (Å²) in [6.45, 7) is 4.60. The van der Waals surface area contributed by atoms with Crippen LogP contribution < -0.4 is 19.9 Å². The van der Waals surface area contributed by atoms with E-state index in [1.165, 1.54) is 0 Å². The molecule has 0 aliphatic carbocycles. The first kappa shape index (κ1) is 26.8. The van der Waals surface area contributed by atoms with Crippen LogP contribution in [-0.2, 0) is 9.59 Å². The number of hydrogen-bond donors (Lipinski definition) is 2. The molecule has 0 aromatic heterocycles. The average Bonchev–Trinajstić information content (AvgIpc) is 3.53. The quantitative estimate of drug-likeness (QED) is 0.446. The van der Waals surface area contributed by atoms with Crippen molar-refractivity contribution in [3.8, 4) is 17.2 Å². The third-order valence-corrected chi connectivity index (χ3v) is 7.27. The summed E-state index contributed by atoms with van der Waals surface area (Å²) in [5.41, 5.74) is 7.42. The van der Waals surface area contributed by atoms with Crippen LogP contribution in [0.3, 0.4) is 0 Å². The maximum atomic E-state index is 13.5. The molecule has 4 rings (SSSR count). The summed E-state index contributed by atoms with van der Waals surface area (Å²) in [4.78, 5) is 30.1. The molecule has 1 saturated heterocycles. The highest BCUT2D eigenvalue weighted by atomic mass is 16.7. The fraction of sp³-hybridized carbons (Fsp3) is 0.500. The van der Waals surface area contributed by atoms with Gasteiger partial charge in [-0.05, 0) is 54.8 Å². The summed E-state index contributed by atoms with van der Waals surface area (Å²) in [6, 6.07) is 12.6. The molecule has 0 spiro atoms. The van der Waals surface area contributed by atoms with Crippen LogP contribution in [0.4, 0.5) is 0 Å². The molecule has 2 aliphatic rings. The van der Waals surface area contributed by atoms with Crippen molar-refractivity contribution in [1.82, 2.24) is 9.80 Å². The molecule has 3 atom stereocenters. The SMILES string of the molecule is CCCCN(CCCN)C(=O)CN1C[C@H](c2ccc3c(c2)OCO3)[C@H](C(=O)O)[C@H]1c1ccc(OC)cc1. The number of unbranched alkanes of at least 4 members (excludes halogenated alkanes) is 1. The van der Waals surface area contributed by atoms with Crippen LogP contribution in [0, 0.1) is 5.92 Å². The van der Waals surface area contributed by atoms with Gasteiger partial charge in [-0.3, -0.25) is 14.5 Å². The Kier molecular flexibility index (Phi) is 8.89. The van der Waals surface area contributed by atoms with Gasteiger partial charge in [0.15, 0.2) is 11.5 Å². The van der Waals surface area contributed by atoms with E-state index in [2.05, 4.69) is 6.92 Å². The maximum absolute atomic E-state index is 13.5. The van der Waals surface area contributed by atoms with Crippen LogP contribution in [0.15, 0.2) is 42.5 Å². The van der Waals surface area contributed by atoms with Crippen molar-refractivity contribution in [2.75, 3.05) is 46.6 Å². The number of amides is 1. The van der Waals surface area contributed by atoms with Gasteiger partial charge in [-0.2, -0.15) is 0 Å². The molecule has 2 aromatic rings. The van der Waals surface area contributed by atoms with Crippen LogP contribution in [0.2, 0.25) is 0 Å². The van der Waals surface area contributed by atoms with E-state index < -0.39 is 17.9 Å². The number of carboxylic acids is 1. The number of methoxy groups -OCH3 is 1. The topological polar surface area (TPSA) is 115 Å². The molecule has 2 aliphatic heterocycles. The normalized spacial score (nSPS) is 20.7. The van der Waals surface area contributed by atoms with E-state index in [0.717, 1.165) is 30.4 Å². The molecule has 2 heterocycles. The Morgan fingerprint density at radius 3 is 2.46 bits per heavy atom. The molecule has 3 N–H and O–H groups in total. The van der Waals surface area contributed by atoms with Crippen molar-refractivity contribution in [1.29, 1.82) is 0 Å². The number of carboxylic acid groups (broad SMARTS) is 1. The third kappa shape index (κ3) is 5.99. The van der Waals surface area contributed by atoms with Crippen LogP contribution in [0.1, 0.15) is 49.3 Å². The largest absolute Gasteiger partial charge is 0.497 e. The monoisotopic (exact) mass is 511 g/mol. The molecular weight excluding hydrogens is 474 g/mol. The minimum Gasteiger partial charge on any atom is -0.497 e. The van der Waals surface area contributed by atoms with Gasteiger partial charge in [0.25, 0.3) is 0 Å². The molecule has 9 nitrogen and oxygen atoms in total. The van der Waals surface area contributed by atoms with Gasteiger partial charge < -0.3 is 30.0 Å². The van der Waals surface area contributed by atoms with Gasteiger partial charge in [-0.1, -0.05) is 31.5 Å². The molecule has 0 unspecified atom stereocenters. The fourth-order valence-electron chi connectivity index (χ4n) is 5.34. The highest BCUT2D eigenvalue weighted by molar-refractivity contribution is 5.79. The van der Waals surface area contributed by atoms with E-state index in [4.69, 9.17) is 19.9 Å². The van der Waals surface area contributed by atoms with Gasteiger partial charge in [-0.25, -0.2) is 0 Å². The number of likely N-dealkylation sites (tertiary alicyclic amines) is 1. The molecule has 2 aromatic carbocycles. The molecule has 0 radical (unpaired) electrons. The number of nitrogens with zero attached hydrogens (tertiary/aromatic N) is 2. The lowest BCUT2D eigenvalue weighted by atomic mass is 9.82. The highest BCUT2D eigenvalue weighted by Gasteiger charge is 2.48. The second kappa shape index (κ2) is 12.3. The second-order valence-electron chi connectivity index (χ2n) is 9.61. The molecule has 0 saturated carbocycles. The number of carbonyl (C=O) groups is 2. The zero-order valence-electron chi connectivity index (χ0n) is 21.6. The summed E-state index contributed by atoms with van der Waals surface area (Å²) in [6.07, 6.45) is 2.63. The molecule has 0 bridgehead atoms. The Morgan fingerprint density at radius 1 is 1.08 bits per heavy atom. The van der Waals surface area contributed by atoms with E-state index in [1.807, 2.05) is 52.3 Å². The van der Waals surface area contributed by atoms with Crippen molar-refractivity contribution in [3.63, 3.8) is 0 Å². The van der Waals surface area contributed by atoms with E-state index in [1.54, 1.807) is 7.11 Å². The fourth-order valence-corrected chi connectivity index (χ4v) is 5.34. The number of rotatable bonds is 12. The average molecular weight is 512 g/mol. The standard InChI is InChI=1S/C28H37N3O6/c1-3-4-13-30(14-5-12-29)25(32)17-31-16-22(20-8-11-23-24(15-20)37-18-36-23)26(28(33)34)27(31)19-6-9-21(35-2)10-7-19/h6-11,15,22,26-27H,3-5,12-14,16-18,29H2,1-2H3,(H,33,34)/t22-,26+,27-/m1/s1. The Labute approximate surface area is 218 Å². The van der Waals surface area contributed by atoms with Crippen LogP contribution >= 0.6 is 0 Å². The van der Waals surface area contributed by atoms with Crippen LogP contribution in [-0.4, -0.2) is 73.4 Å². The van der Waals surface area contributed by atoms with Crippen LogP contribution in [0.5, 0.6) is 17.2 Å². The maximum Gasteiger partial charge on any atom is 0.309 e. The molecule has 1 fully saturated rings. The van der Waals surface area contributed by atoms with Gasteiger partial charge in [0.1, 0.15) is 5.75 Å². The Morgan fingerprint density at radius 2 is 1.78 bits per heavy atom. The summed E-state index contributed by atoms with van der Waals surface area (Å²) >= 11 is 0. The Hall–Kier alpha value is -3.30. The van der Waals surface area contributed by atoms with Gasteiger partial charge >= 0.3 is 5.97 Å². The predicted molar refractivity (Wildman–Crippen MR) is 139 cm³/mol. The van der Waals surface area contributed by atoms with Crippen molar-refractivity contribution < 1.29 is 28.9 Å². The van der Waals surface area contributed by atoms with Gasteiger partial charge in [0, 0.05) is 31.6 Å². The van der Waals surface area contributed by atoms with Gasteiger partial charge in [0.05, 0.1) is 19.6 Å². The first-order chi connectivity index (χ1) is 18.0. The van der Waals surface area contributed by atoms with Crippen molar-refractivity contribution in [3.05, 3.63) is 53.6 Å². The number of nitrogens with two attached hydrogens (primary N) is 1. The van der Waals surface area contributed by atoms with Crippen molar-refractivity contribution >= 4 is 11.9 Å². The predicted octanol–water partition coefficient (Wildman–Crippen LogP) is 3.24. The summed E-state index contributed by atoms with van der Waals surface area (Å²) < 4.78 is 16.3. The Balaban J connectivity index is 1.67. The van der Waals surface area contributed by atoms with Crippen LogP contribution in [0.25, 0.3) is 0 Å². The molecule has 9 heteroatoms. The first-order valence-corrected chi connectivity index (χ1v) is 12.9. The molecule has 200 valence electrons. The number of ether oxygens (including phenoxy) is 3. The lowest BCUT2D eigenvalue weighted by Crippen LogP contribution is -2.42. The van der Waals surface area contributed by atoms with E-state index in [9.17, 15) is 14.7 Å². The second-order valence-corrected chi connectivity index (χ2v) is 9.61. The Bertz CT molecular complexity index is 1070. The zero-order valence-corrected chi connectivity index (χ0v) is 21.6. The number of fused-ring (bicyclic) bond motifs is 1. The lowest BCUT2D eigenvalue weighted by Gasteiger charge is -2.30. The lowest BCUT2D eigenvalue weighted by molar-refractivity contribution is -0.144. The number of hydrogen-bond acceptors (Lipinski definition) is 7.